The summed E-state index contributed by atoms with van der Waals surface area (Å²) in [5.41, 5.74) is 5.96. The number of nitrogens with one attached hydrogen (secondary N) is 1. The average Bonchev–Trinajstić information content (AvgIpc) is 2.82. The van der Waals surface area contributed by atoms with E-state index in [1.807, 2.05) is 19.9 Å². The fraction of sp³-hybridized carbons (Fsp3) is 0.889. The van der Waals surface area contributed by atoms with Crippen molar-refractivity contribution in [3.63, 3.8) is 0 Å². The van der Waals surface area contributed by atoms with Crippen molar-refractivity contribution < 1.29 is 49.6 Å². The van der Waals surface area contributed by atoms with Crippen LogP contribution in [-0.4, -0.2) is 110 Å². The zero-order valence-corrected chi connectivity index (χ0v) is 23.9. The highest BCUT2D eigenvalue weighted by atomic mass is 16.7. The quantitative estimate of drug-likeness (QED) is 0.137. The Labute approximate surface area is 231 Å². The Morgan fingerprint density at radius 2 is 1.77 bits per heavy atom. The van der Waals surface area contributed by atoms with Crippen LogP contribution < -0.4 is 11.1 Å². The van der Waals surface area contributed by atoms with Gasteiger partial charge in [-0.2, -0.15) is 0 Å². The van der Waals surface area contributed by atoms with Crippen LogP contribution in [0.3, 0.4) is 0 Å². The molecule has 2 aliphatic heterocycles. The lowest BCUT2D eigenvalue weighted by atomic mass is 9.81. The van der Waals surface area contributed by atoms with Gasteiger partial charge < -0.3 is 55.9 Å². The van der Waals surface area contributed by atoms with Crippen LogP contribution >= 0.6 is 0 Å². The van der Waals surface area contributed by atoms with E-state index < -0.39 is 78.8 Å². The normalized spacial score (nSPS) is 38.2. The molecule has 0 radical (unpaired) electrons. The van der Waals surface area contributed by atoms with Crippen LogP contribution in [0, 0.1) is 17.8 Å². The summed E-state index contributed by atoms with van der Waals surface area (Å²) in [6.07, 6.45) is -6.23. The van der Waals surface area contributed by atoms with Crippen molar-refractivity contribution in [3.8, 4) is 0 Å². The van der Waals surface area contributed by atoms with Gasteiger partial charge in [-0.3, -0.25) is 4.79 Å². The number of allylic oxidation sites excluding steroid dienone is 1. The van der Waals surface area contributed by atoms with Crippen LogP contribution in [0.25, 0.3) is 0 Å². The number of hydrogen-bond acceptors (Lipinski definition) is 11. The number of rotatable bonds is 12. The molecule has 12 atom stereocenters. The number of aliphatic hydroxyl groups is 6. The number of carbonyl (C=O) groups is 1. The Bertz CT molecular complexity index is 797. The van der Waals surface area contributed by atoms with Crippen LogP contribution in [0.2, 0.25) is 0 Å². The Morgan fingerprint density at radius 1 is 1.13 bits per heavy atom. The maximum absolute atomic E-state index is 13.1. The summed E-state index contributed by atoms with van der Waals surface area (Å²) in [4.78, 5) is 13.1. The number of amides is 1. The van der Waals surface area contributed by atoms with Gasteiger partial charge in [0, 0.05) is 25.8 Å². The minimum Gasteiger partial charge on any atom is -0.393 e. The van der Waals surface area contributed by atoms with E-state index in [0.29, 0.717) is 0 Å². The van der Waals surface area contributed by atoms with Gasteiger partial charge in [0.15, 0.2) is 12.1 Å². The minimum atomic E-state index is -1.91. The zero-order chi connectivity index (χ0) is 29.7. The Morgan fingerprint density at radius 3 is 2.33 bits per heavy atom. The summed E-state index contributed by atoms with van der Waals surface area (Å²) < 4.78 is 17.8. The molecule has 0 aromatic carbocycles. The Hall–Kier alpha value is -1.19. The van der Waals surface area contributed by atoms with E-state index in [9.17, 15) is 35.4 Å². The molecule has 0 aromatic rings. The highest BCUT2D eigenvalue weighted by molar-refractivity contribution is 5.80. The summed E-state index contributed by atoms with van der Waals surface area (Å²) in [6.45, 7) is 10.6. The molecular weight excluding hydrogens is 512 g/mol. The molecule has 0 spiro atoms. The van der Waals surface area contributed by atoms with Gasteiger partial charge in [0.05, 0.1) is 54.7 Å². The molecule has 2 rings (SSSR count). The van der Waals surface area contributed by atoms with E-state index in [-0.39, 0.29) is 37.6 Å². The molecule has 2 aliphatic rings. The number of aliphatic hydroxyl groups excluding tert-OH is 5. The molecular formula is C27H50N2O10. The summed E-state index contributed by atoms with van der Waals surface area (Å²) in [6, 6.07) is -1.01. The highest BCUT2D eigenvalue weighted by Gasteiger charge is 2.50. The molecule has 2 fully saturated rings. The van der Waals surface area contributed by atoms with Gasteiger partial charge in [-0.25, -0.2) is 0 Å². The van der Waals surface area contributed by atoms with Crippen molar-refractivity contribution in [2.75, 3.05) is 6.54 Å². The molecule has 0 aliphatic carbocycles. The van der Waals surface area contributed by atoms with Gasteiger partial charge in [0.2, 0.25) is 5.91 Å². The summed E-state index contributed by atoms with van der Waals surface area (Å²) in [7, 11) is 0. The summed E-state index contributed by atoms with van der Waals surface area (Å²) in [5.74, 6) is -3.67. The summed E-state index contributed by atoms with van der Waals surface area (Å²) >= 11 is 0. The van der Waals surface area contributed by atoms with Gasteiger partial charge in [-0.1, -0.05) is 39.8 Å². The first-order valence-electron chi connectivity index (χ1n) is 13.9. The lowest BCUT2D eigenvalue weighted by Gasteiger charge is -2.46. The predicted octanol–water partition coefficient (Wildman–Crippen LogP) is -0.874. The van der Waals surface area contributed by atoms with Gasteiger partial charge in [-0.15, -0.1) is 0 Å². The highest BCUT2D eigenvalue weighted by Crippen LogP contribution is 2.38. The minimum absolute atomic E-state index is 0.0358. The molecule has 2 heterocycles. The van der Waals surface area contributed by atoms with Crippen molar-refractivity contribution in [3.05, 3.63) is 12.2 Å². The second-order valence-electron chi connectivity index (χ2n) is 11.8. The molecule has 12 heteroatoms. The smallest absolute Gasteiger partial charge is 0.228 e. The second-order valence-corrected chi connectivity index (χ2v) is 11.8. The Balaban J connectivity index is 2.36. The Kier molecular flexibility index (Phi) is 12.8. The maximum atomic E-state index is 13.1. The average molecular weight is 563 g/mol. The first kappa shape index (κ1) is 34.0. The van der Waals surface area contributed by atoms with Crippen LogP contribution in [0.15, 0.2) is 12.2 Å². The van der Waals surface area contributed by atoms with Crippen LogP contribution in [-0.2, 0) is 19.0 Å². The molecule has 12 nitrogen and oxygen atoms in total. The van der Waals surface area contributed by atoms with Crippen molar-refractivity contribution in [1.82, 2.24) is 5.32 Å². The number of carbonyl (C=O) groups excluding carboxylic acids is 1. The van der Waals surface area contributed by atoms with Gasteiger partial charge >= 0.3 is 0 Å². The molecule has 1 amide bonds. The van der Waals surface area contributed by atoms with Crippen molar-refractivity contribution in [2.24, 2.45) is 23.5 Å². The monoisotopic (exact) mass is 562 g/mol. The molecule has 0 saturated carbocycles. The largest absolute Gasteiger partial charge is 0.393 e. The van der Waals surface area contributed by atoms with Crippen molar-refractivity contribution in [1.29, 1.82) is 0 Å². The molecule has 0 aromatic heterocycles. The lowest BCUT2D eigenvalue weighted by Crippen LogP contribution is -2.62. The fourth-order valence-corrected chi connectivity index (χ4v) is 4.81. The molecule has 0 bridgehead atoms. The predicted molar refractivity (Wildman–Crippen MR) is 142 cm³/mol. The van der Waals surface area contributed by atoms with E-state index in [1.165, 1.54) is 6.92 Å². The standard InChI is InChI=1S/C27H50N2O10/c1-13(2)7-8-17(38-26-24(34)22(28)23(33)16(6)37-26)9-20-21(25(35)29-12-15(5)30)19(32)11-27(36,39-20)10-18(31)14(3)4/h7-8,13-24,26,30-34,36H,9-12,28H2,1-6H3,(H,29,35)/b8-7+/t15-,16?,17-,18+,19-,20-,21+,22?,23?,24?,26?,27+/m0/s1. The van der Waals surface area contributed by atoms with Crippen molar-refractivity contribution >= 4 is 5.91 Å². The number of ether oxygens (including phenoxy) is 3. The van der Waals surface area contributed by atoms with Gasteiger partial charge in [-0.05, 0) is 25.7 Å². The zero-order valence-electron chi connectivity index (χ0n) is 23.9. The van der Waals surface area contributed by atoms with E-state index in [1.54, 1.807) is 26.8 Å². The third kappa shape index (κ3) is 9.70. The number of nitrogens with two attached hydrogens (primary N) is 1. The molecule has 228 valence electrons. The topological polar surface area (TPSA) is 204 Å². The second kappa shape index (κ2) is 14.6. The third-order valence-corrected chi connectivity index (χ3v) is 7.27. The first-order chi connectivity index (χ1) is 18.0. The molecule has 5 unspecified atom stereocenters. The third-order valence-electron chi connectivity index (χ3n) is 7.27. The lowest BCUT2D eigenvalue weighted by molar-refractivity contribution is -0.307. The van der Waals surface area contributed by atoms with E-state index >= 15 is 0 Å². The van der Waals surface area contributed by atoms with Crippen molar-refractivity contribution in [2.45, 2.75) is 128 Å². The maximum Gasteiger partial charge on any atom is 0.228 e. The SMILES string of the molecule is CC(C)/C=C/[C@@H](C[C@@H]1O[C@](O)(C[C@@H](O)C(C)C)C[C@H](O)[C@H]1C(=O)NC[C@H](C)O)OC1OC(C)C(O)C(N)C1O. The van der Waals surface area contributed by atoms with Gasteiger partial charge in [0.1, 0.15) is 6.10 Å². The van der Waals surface area contributed by atoms with E-state index in [4.69, 9.17) is 19.9 Å². The fourth-order valence-electron chi connectivity index (χ4n) is 4.81. The van der Waals surface area contributed by atoms with Gasteiger partial charge in [0.25, 0.3) is 0 Å². The van der Waals surface area contributed by atoms with Crippen LogP contribution in [0.1, 0.15) is 60.8 Å². The van der Waals surface area contributed by atoms with Crippen LogP contribution in [0.5, 0.6) is 0 Å². The molecule has 2 saturated heterocycles. The van der Waals surface area contributed by atoms with Crippen LogP contribution in [0.4, 0.5) is 0 Å². The first-order valence-corrected chi connectivity index (χ1v) is 13.9. The molecule has 9 N–H and O–H groups in total. The summed E-state index contributed by atoms with van der Waals surface area (Å²) in [5, 5.41) is 65.7. The number of hydrogen-bond donors (Lipinski definition) is 8. The van der Waals surface area contributed by atoms with E-state index in [0.717, 1.165) is 0 Å². The van der Waals surface area contributed by atoms with E-state index in [2.05, 4.69) is 5.32 Å². The molecule has 39 heavy (non-hydrogen) atoms.